The van der Waals surface area contributed by atoms with E-state index in [1.165, 1.54) is 4.90 Å². The Bertz CT molecular complexity index is 374. The summed E-state index contributed by atoms with van der Waals surface area (Å²) in [4.78, 5) is 26.5. The number of β-amino-alcohol motifs (C(OH)–C–C–N with tert-alkyl or cyclic N) is 1. The van der Waals surface area contributed by atoms with Gasteiger partial charge in [0.2, 0.25) is 0 Å². The van der Waals surface area contributed by atoms with Gasteiger partial charge in [-0.25, -0.2) is 9.59 Å². The maximum atomic E-state index is 12.4. The summed E-state index contributed by atoms with van der Waals surface area (Å²) in [5.74, 6) is -0.799. The smallest absolute Gasteiger partial charge is 0.326 e. The van der Waals surface area contributed by atoms with Crippen molar-refractivity contribution in [2.75, 3.05) is 26.2 Å². The normalized spacial score (nSPS) is 30.6. The fourth-order valence-corrected chi connectivity index (χ4v) is 3.10. The number of urea groups is 1. The number of aliphatic carboxylic acids is 1. The number of aliphatic hydroxyl groups excluding tert-OH is 2. The molecule has 0 aliphatic carbocycles. The van der Waals surface area contributed by atoms with Crippen LogP contribution in [0.5, 0.6) is 0 Å². The highest BCUT2D eigenvalue weighted by atomic mass is 16.4. The van der Waals surface area contributed by atoms with E-state index in [1.54, 1.807) is 4.90 Å². The third kappa shape index (κ3) is 3.21. The molecule has 0 spiro atoms. The number of likely N-dealkylation sites (tertiary alicyclic amines) is 2. The van der Waals surface area contributed by atoms with Crippen molar-refractivity contribution in [3.05, 3.63) is 0 Å². The maximum absolute atomic E-state index is 12.4. The zero-order valence-corrected chi connectivity index (χ0v) is 11.4. The maximum Gasteiger partial charge on any atom is 0.326 e. The van der Waals surface area contributed by atoms with Gasteiger partial charge < -0.3 is 25.1 Å². The van der Waals surface area contributed by atoms with Gasteiger partial charge >= 0.3 is 12.0 Å². The molecule has 2 fully saturated rings. The Morgan fingerprint density at radius 3 is 2.65 bits per heavy atom. The Labute approximate surface area is 117 Å². The molecule has 0 radical (unpaired) electrons. The summed E-state index contributed by atoms with van der Waals surface area (Å²) in [6.45, 7) is 1.35. The van der Waals surface area contributed by atoms with Crippen LogP contribution in [0.15, 0.2) is 0 Å². The average molecular weight is 286 g/mol. The van der Waals surface area contributed by atoms with Crippen LogP contribution in [0.4, 0.5) is 4.79 Å². The van der Waals surface area contributed by atoms with Crippen molar-refractivity contribution in [1.29, 1.82) is 0 Å². The number of piperidine rings is 1. The number of carboxylic acids is 1. The Morgan fingerprint density at radius 1 is 1.25 bits per heavy atom. The number of carbonyl (C=O) groups is 2. The molecule has 2 saturated heterocycles. The molecule has 0 bridgehead atoms. The summed E-state index contributed by atoms with van der Waals surface area (Å²) in [6, 6.07) is -1.24. The van der Waals surface area contributed by atoms with Crippen LogP contribution in [0.25, 0.3) is 0 Å². The lowest BCUT2D eigenvalue weighted by atomic mass is 9.95. The summed E-state index contributed by atoms with van der Waals surface area (Å²) in [5.41, 5.74) is 0. The summed E-state index contributed by atoms with van der Waals surface area (Å²) in [5, 5.41) is 27.7. The lowest BCUT2D eigenvalue weighted by Gasteiger charge is -2.36. The molecule has 2 aliphatic heterocycles. The largest absolute Gasteiger partial charge is 0.480 e. The second-order valence-electron chi connectivity index (χ2n) is 5.65. The third-order valence-electron chi connectivity index (χ3n) is 4.14. The minimum Gasteiger partial charge on any atom is -0.480 e. The first-order chi connectivity index (χ1) is 9.52. The van der Waals surface area contributed by atoms with Gasteiger partial charge in [0.25, 0.3) is 0 Å². The molecule has 2 amide bonds. The molecule has 0 aromatic heterocycles. The van der Waals surface area contributed by atoms with E-state index in [2.05, 4.69) is 0 Å². The lowest BCUT2D eigenvalue weighted by molar-refractivity contribution is -0.141. The highest BCUT2D eigenvalue weighted by molar-refractivity contribution is 5.83. The minimum atomic E-state index is -1.07. The molecule has 3 atom stereocenters. The average Bonchev–Trinajstić information content (AvgIpc) is 2.81. The van der Waals surface area contributed by atoms with Gasteiger partial charge in [0, 0.05) is 32.7 Å². The van der Waals surface area contributed by atoms with Crippen LogP contribution in [0, 0.1) is 5.92 Å². The van der Waals surface area contributed by atoms with Crippen molar-refractivity contribution >= 4 is 12.0 Å². The first kappa shape index (κ1) is 15.1. The van der Waals surface area contributed by atoms with Gasteiger partial charge in [0.05, 0.1) is 6.10 Å². The van der Waals surface area contributed by atoms with Crippen molar-refractivity contribution in [1.82, 2.24) is 9.80 Å². The molecule has 7 heteroatoms. The van der Waals surface area contributed by atoms with Crippen LogP contribution in [0.3, 0.4) is 0 Å². The van der Waals surface area contributed by atoms with Crippen molar-refractivity contribution in [2.45, 2.75) is 37.8 Å². The zero-order chi connectivity index (χ0) is 14.7. The molecular formula is C13H22N2O5. The number of carbonyl (C=O) groups excluding carboxylic acids is 1. The quantitative estimate of drug-likeness (QED) is 0.662. The predicted molar refractivity (Wildman–Crippen MR) is 70.1 cm³/mol. The number of nitrogens with zero attached hydrogens (tertiary/aromatic N) is 2. The number of amides is 2. The molecule has 7 nitrogen and oxygen atoms in total. The van der Waals surface area contributed by atoms with Gasteiger partial charge in [0.15, 0.2) is 0 Å². The molecule has 2 rings (SSSR count). The molecule has 2 aliphatic rings. The Morgan fingerprint density at radius 2 is 2.00 bits per heavy atom. The van der Waals surface area contributed by atoms with Gasteiger partial charge in [-0.15, -0.1) is 0 Å². The van der Waals surface area contributed by atoms with Crippen LogP contribution in [0.2, 0.25) is 0 Å². The van der Waals surface area contributed by atoms with Crippen molar-refractivity contribution in [3.63, 3.8) is 0 Å². The molecule has 0 saturated carbocycles. The monoisotopic (exact) mass is 286 g/mol. The SMILES string of the molecule is O=C(O)[C@@H]1CC(O)CN1C(=O)N1CCCC(CCO)C1. The highest BCUT2D eigenvalue weighted by Gasteiger charge is 2.41. The topological polar surface area (TPSA) is 101 Å². The molecule has 3 N–H and O–H groups in total. The van der Waals surface area contributed by atoms with Gasteiger partial charge in [0.1, 0.15) is 6.04 Å². The van der Waals surface area contributed by atoms with Crippen LogP contribution in [0.1, 0.15) is 25.7 Å². The van der Waals surface area contributed by atoms with E-state index in [1.807, 2.05) is 0 Å². The Kier molecular flexibility index (Phi) is 4.82. The first-order valence-electron chi connectivity index (χ1n) is 7.10. The number of carboxylic acid groups (broad SMARTS) is 1. The van der Waals surface area contributed by atoms with E-state index < -0.39 is 18.1 Å². The number of rotatable bonds is 3. The molecule has 20 heavy (non-hydrogen) atoms. The molecule has 0 aromatic rings. The van der Waals surface area contributed by atoms with E-state index in [0.29, 0.717) is 19.5 Å². The van der Waals surface area contributed by atoms with Gasteiger partial charge in [-0.05, 0) is 25.2 Å². The van der Waals surface area contributed by atoms with Gasteiger partial charge in [-0.1, -0.05) is 0 Å². The predicted octanol–water partition coefficient (Wildman–Crippen LogP) is -0.279. The van der Waals surface area contributed by atoms with E-state index in [-0.39, 0.29) is 31.5 Å². The van der Waals surface area contributed by atoms with Crippen molar-refractivity contribution in [3.8, 4) is 0 Å². The third-order valence-corrected chi connectivity index (χ3v) is 4.14. The summed E-state index contributed by atoms with van der Waals surface area (Å²) in [6.07, 6.45) is 1.84. The van der Waals surface area contributed by atoms with E-state index in [9.17, 15) is 14.7 Å². The minimum absolute atomic E-state index is 0.0803. The summed E-state index contributed by atoms with van der Waals surface area (Å²) < 4.78 is 0. The van der Waals surface area contributed by atoms with Crippen molar-refractivity contribution < 1.29 is 24.9 Å². The number of hydrogen-bond acceptors (Lipinski definition) is 4. The second kappa shape index (κ2) is 6.41. The molecular weight excluding hydrogens is 264 g/mol. The fourth-order valence-electron chi connectivity index (χ4n) is 3.10. The van der Waals surface area contributed by atoms with Crippen LogP contribution in [-0.4, -0.2) is 75.5 Å². The number of aliphatic hydroxyl groups is 2. The fraction of sp³-hybridized carbons (Fsp3) is 0.846. The van der Waals surface area contributed by atoms with Gasteiger partial charge in [-0.2, -0.15) is 0 Å². The zero-order valence-electron chi connectivity index (χ0n) is 11.4. The molecule has 2 heterocycles. The summed E-state index contributed by atoms with van der Waals surface area (Å²) >= 11 is 0. The second-order valence-corrected chi connectivity index (χ2v) is 5.65. The van der Waals surface area contributed by atoms with Crippen LogP contribution in [-0.2, 0) is 4.79 Å². The first-order valence-corrected chi connectivity index (χ1v) is 7.10. The Balaban J connectivity index is 2.00. The van der Waals surface area contributed by atoms with Crippen molar-refractivity contribution in [2.24, 2.45) is 5.92 Å². The Hall–Kier alpha value is -1.34. The lowest BCUT2D eigenvalue weighted by Crippen LogP contribution is -2.51. The highest BCUT2D eigenvalue weighted by Crippen LogP contribution is 2.24. The molecule has 114 valence electrons. The van der Waals surface area contributed by atoms with E-state index in [4.69, 9.17) is 10.2 Å². The van der Waals surface area contributed by atoms with E-state index >= 15 is 0 Å². The van der Waals surface area contributed by atoms with E-state index in [0.717, 1.165) is 12.8 Å². The molecule has 2 unspecified atom stereocenters. The summed E-state index contributed by atoms with van der Waals surface area (Å²) in [7, 11) is 0. The van der Waals surface area contributed by atoms with Gasteiger partial charge in [-0.3, -0.25) is 0 Å². The molecule has 0 aromatic carbocycles. The van der Waals surface area contributed by atoms with Crippen LogP contribution < -0.4 is 0 Å². The standard InChI is InChI=1S/C13H22N2O5/c16-5-3-9-2-1-4-14(7-9)13(20)15-8-10(17)6-11(15)12(18)19/h9-11,16-17H,1-8H2,(H,18,19)/t9?,10?,11-/m0/s1. The number of hydrogen-bond donors (Lipinski definition) is 3. The van der Waals surface area contributed by atoms with Crippen LogP contribution >= 0.6 is 0 Å².